The van der Waals surface area contributed by atoms with Crippen molar-refractivity contribution in [3.05, 3.63) is 0 Å². The lowest BCUT2D eigenvalue weighted by molar-refractivity contribution is -0.166. The monoisotopic (exact) mass is 204 g/mol. The van der Waals surface area contributed by atoms with E-state index in [4.69, 9.17) is 4.74 Å². The van der Waals surface area contributed by atoms with Crippen LogP contribution in [0.4, 0.5) is 0 Å². The molecule has 84 valence electrons. The molecule has 0 aliphatic rings. The maximum Gasteiger partial charge on any atom is 0.339 e. The Kier molecular flexibility index (Phi) is 5.72. The highest BCUT2D eigenvalue weighted by atomic mass is 16.6. The van der Waals surface area contributed by atoms with Gasteiger partial charge in [-0.25, -0.2) is 4.79 Å². The predicted molar refractivity (Wildman–Crippen MR) is 52.9 cm³/mol. The molecule has 0 aromatic rings. The van der Waals surface area contributed by atoms with Crippen molar-refractivity contribution in [1.82, 2.24) is 0 Å². The van der Waals surface area contributed by atoms with Gasteiger partial charge >= 0.3 is 5.97 Å². The average molecular weight is 204 g/mol. The summed E-state index contributed by atoms with van der Waals surface area (Å²) in [5, 5.41) is 9.55. The third-order valence-electron chi connectivity index (χ3n) is 1.85. The van der Waals surface area contributed by atoms with Gasteiger partial charge in [0.15, 0.2) is 5.60 Å². The van der Waals surface area contributed by atoms with Gasteiger partial charge < -0.3 is 14.6 Å². The van der Waals surface area contributed by atoms with Crippen LogP contribution in [0.2, 0.25) is 0 Å². The maximum atomic E-state index is 11.0. The van der Waals surface area contributed by atoms with Crippen LogP contribution in [0, 0.1) is 5.92 Å². The lowest BCUT2D eigenvalue weighted by Crippen LogP contribution is -2.41. The third-order valence-corrected chi connectivity index (χ3v) is 1.85. The van der Waals surface area contributed by atoms with Crippen LogP contribution in [0.1, 0.15) is 27.2 Å². The fourth-order valence-corrected chi connectivity index (χ4v) is 0.869. The third kappa shape index (κ3) is 5.19. The largest absolute Gasteiger partial charge is 0.467 e. The molecule has 4 heteroatoms. The lowest BCUT2D eigenvalue weighted by atomic mass is 10.1. The van der Waals surface area contributed by atoms with Crippen molar-refractivity contribution < 1.29 is 19.4 Å². The SMILES string of the molecule is COC(=O)C(C)(O)COCCC(C)C. The lowest BCUT2D eigenvalue weighted by Gasteiger charge is -2.20. The molecular formula is C10H20O4. The van der Waals surface area contributed by atoms with E-state index in [0.717, 1.165) is 6.42 Å². The topological polar surface area (TPSA) is 55.8 Å². The first-order chi connectivity index (χ1) is 6.40. The highest BCUT2D eigenvalue weighted by molar-refractivity contribution is 5.78. The van der Waals surface area contributed by atoms with Gasteiger partial charge in [0.05, 0.1) is 13.7 Å². The van der Waals surface area contributed by atoms with Crippen molar-refractivity contribution in [2.45, 2.75) is 32.8 Å². The molecule has 0 saturated carbocycles. The van der Waals surface area contributed by atoms with Crippen molar-refractivity contribution in [3.8, 4) is 0 Å². The molecule has 0 spiro atoms. The van der Waals surface area contributed by atoms with Crippen LogP contribution in [-0.2, 0) is 14.3 Å². The van der Waals surface area contributed by atoms with Crippen LogP contribution in [0.15, 0.2) is 0 Å². The summed E-state index contributed by atoms with van der Waals surface area (Å²) in [6.45, 7) is 6.08. The Balaban J connectivity index is 3.71. The van der Waals surface area contributed by atoms with Crippen LogP contribution in [0.3, 0.4) is 0 Å². The van der Waals surface area contributed by atoms with E-state index >= 15 is 0 Å². The normalized spacial score (nSPS) is 15.3. The second-order valence-electron chi connectivity index (χ2n) is 4.00. The number of aliphatic hydroxyl groups is 1. The first-order valence-corrected chi connectivity index (χ1v) is 4.78. The number of rotatable bonds is 6. The molecule has 0 aromatic carbocycles. The molecule has 1 atom stereocenters. The summed E-state index contributed by atoms with van der Waals surface area (Å²) >= 11 is 0. The van der Waals surface area contributed by atoms with Gasteiger partial charge in [0.2, 0.25) is 0 Å². The summed E-state index contributed by atoms with van der Waals surface area (Å²) in [5.41, 5.74) is -1.54. The van der Waals surface area contributed by atoms with E-state index < -0.39 is 11.6 Å². The van der Waals surface area contributed by atoms with Gasteiger partial charge in [0.1, 0.15) is 0 Å². The molecule has 0 heterocycles. The first-order valence-electron chi connectivity index (χ1n) is 4.78. The first kappa shape index (κ1) is 13.4. The highest BCUT2D eigenvalue weighted by Crippen LogP contribution is 2.07. The summed E-state index contributed by atoms with van der Waals surface area (Å²) in [6.07, 6.45) is 0.914. The number of carbonyl (C=O) groups is 1. The van der Waals surface area contributed by atoms with Crippen molar-refractivity contribution in [1.29, 1.82) is 0 Å². The summed E-state index contributed by atoms with van der Waals surface area (Å²) in [7, 11) is 1.24. The molecule has 0 aliphatic carbocycles. The predicted octanol–water partition coefficient (Wildman–Crippen LogP) is 0.973. The molecule has 4 nitrogen and oxygen atoms in total. The summed E-state index contributed by atoms with van der Waals surface area (Å²) < 4.78 is 9.61. The molecule has 0 radical (unpaired) electrons. The van der Waals surface area contributed by atoms with Gasteiger partial charge in [-0.2, -0.15) is 0 Å². The van der Waals surface area contributed by atoms with Crippen molar-refractivity contribution in [2.24, 2.45) is 5.92 Å². The molecule has 0 amide bonds. The number of hydrogen-bond acceptors (Lipinski definition) is 4. The number of esters is 1. The van der Waals surface area contributed by atoms with Gasteiger partial charge in [0, 0.05) is 6.61 Å². The summed E-state index contributed by atoms with van der Waals surface area (Å²) in [5.74, 6) is -0.111. The van der Waals surface area contributed by atoms with E-state index in [0.29, 0.717) is 12.5 Å². The Morgan fingerprint density at radius 2 is 2.07 bits per heavy atom. The Bertz CT molecular complexity index is 175. The molecule has 0 aliphatic heterocycles. The maximum absolute atomic E-state index is 11.0. The van der Waals surface area contributed by atoms with Crippen molar-refractivity contribution in [3.63, 3.8) is 0 Å². The molecule has 1 N–H and O–H groups in total. The minimum absolute atomic E-state index is 0.0214. The Hall–Kier alpha value is -0.610. The Morgan fingerprint density at radius 1 is 1.50 bits per heavy atom. The number of ether oxygens (including phenoxy) is 2. The molecule has 0 fully saturated rings. The Morgan fingerprint density at radius 3 is 2.50 bits per heavy atom. The standard InChI is InChI=1S/C10H20O4/c1-8(2)5-6-14-7-10(3,12)9(11)13-4/h8,12H,5-7H2,1-4H3. The van der Waals surface area contributed by atoms with E-state index in [2.05, 4.69) is 18.6 Å². The van der Waals surface area contributed by atoms with Gasteiger partial charge in [-0.1, -0.05) is 13.8 Å². The zero-order valence-corrected chi connectivity index (χ0v) is 9.37. The molecule has 0 aromatic heterocycles. The number of hydrogen-bond donors (Lipinski definition) is 1. The highest BCUT2D eigenvalue weighted by Gasteiger charge is 2.31. The quantitative estimate of drug-likeness (QED) is 0.517. The fourth-order valence-electron chi connectivity index (χ4n) is 0.869. The van der Waals surface area contributed by atoms with Crippen LogP contribution in [0.25, 0.3) is 0 Å². The van der Waals surface area contributed by atoms with Crippen molar-refractivity contribution in [2.75, 3.05) is 20.3 Å². The number of methoxy groups -OCH3 is 1. The van der Waals surface area contributed by atoms with Gasteiger partial charge in [-0.3, -0.25) is 0 Å². The minimum Gasteiger partial charge on any atom is -0.467 e. The van der Waals surface area contributed by atoms with E-state index in [1.54, 1.807) is 0 Å². The van der Waals surface area contributed by atoms with Gasteiger partial charge in [-0.05, 0) is 19.3 Å². The minimum atomic E-state index is -1.54. The molecular weight excluding hydrogens is 184 g/mol. The van der Waals surface area contributed by atoms with Gasteiger partial charge in [-0.15, -0.1) is 0 Å². The van der Waals surface area contributed by atoms with Crippen LogP contribution in [0.5, 0.6) is 0 Å². The smallest absolute Gasteiger partial charge is 0.339 e. The summed E-state index contributed by atoms with van der Waals surface area (Å²) in [4.78, 5) is 11.0. The summed E-state index contributed by atoms with van der Waals surface area (Å²) in [6, 6.07) is 0. The average Bonchev–Trinajstić information content (AvgIpc) is 2.10. The zero-order chi connectivity index (χ0) is 11.2. The fraction of sp³-hybridized carbons (Fsp3) is 0.900. The number of carbonyl (C=O) groups excluding carboxylic acids is 1. The van der Waals surface area contributed by atoms with E-state index in [9.17, 15) is 9.90 Å². The molecule has 1 unspecified atom stereocenters. The molecule has 14 heavy (non-hydrogen) atoms. The van der Waals surface area contributed by atoms with Gasteiger partial charge in [0.25, 0.3) is 0 Å². The second kappa shape index (κ2) is 5.98. The van der Waals surface area contributed by atoms with Crippen molar-refractivity contribution >= 4 is 5.97 Å². The van der Waals surface area contributed by atoms with Crippen LogP contribution < -0.4 is 0 Å². The van der Waals surface area contributed by atoms with E-state index in [1.165, 1.54) is 14.0 Å². The Labute approximate surface area is 85.2 Å². The van der Waals surface area contributed by atoms with Crippen LogP contribution in [-0.4, -0.2) is 37.0 Å². The van der Waals surface area contributed by atoms with E-state index in [1.807, 2.05) is 0 Å². The molecule has 0 saturated heterocycles. The molecule has 0 rings (SSSR count). The molecule has 0 bridgehead atoms. The second-order valence-corrected chi connectivity index (χ2v) is 4.00. The zero-order valence-electron chi connectivity index (χ0n) is 9.37. The van der Waals surface area contributed by atoms with E-state index in [-0.39, 0.29) is 6.61 Å². The van der Waals surface area contributed by atoms with Crippen LogP contribution >= 0.6 is 0 Å².